The van der Waals surface area contributed by atoms with Gasteiger partial charge < -0.3 is 5.11 Å². The molecule has 0 aliphatic heterocycles. The summed E-state index contributed by atoms with van der Waals surface area (Å²) in [6, 6.07) is 12.8. The summed E-state index contributed by atoms with van der Waals surface area (Å²) in [6.45, 7) is 1.82. The molecular formula is C18H15ClO4S. The van der Waals surface area contributed by atoms with E-state index in [1.54, 1.807) is 36.4 Å². The molecule has 4 nitrogen and oxygen atoms in total. The molecule has 0 aliphatic carbocycles. The SMILES string of the molecule is Cc1ccc(S(=O)(=O)C(CC#Cc2ccc(Cl)cc2)C(=O)O)cc1. The highest BCUT2D eigenvalue weighted by Gasteiger charge is 2.33. The van der Waals surface area contributed by atoms with Gasteiger partial charge in [-0.1, -0.05) is 41.1 Å². The highest BCUT2D eigenvalue weighted by Crippen LogP contribution is 2.19. The van der Waals surface area contributed by atoms with Crippen molar-refractivity contribution in [3.63, 3.8) is 0 Å². The Morgan fingerprint density at radius 3 is 2.25 bits per heavy atom. The fraction of sp³-hybridized carbons (Fsp3) is 0.167. The van der Waals surface area contributed by atoms with Gasteiger partial charge in [0.15, 0.2) is 15.1 Å². The number of sulfone groups is 1. The van der Waals surface area contributed by atoms with E-state index >= 15 is 0 Å². The van der Waals surface area contributed by atoms with Gasteiger partial charge in [-0.05, 0) is 43.3 Å². The molecule has 0 saturated heterocycles. The molecule has 0 spiro atoms. The minimum absolute atomic E-state index is 0.0196. The van der Waals surface area contributed by atoms with Crippen LogP contribution < -0.4 is 0 Å². The first-order valence-electron chi connectivity index (χ1n) is 7.08. The van der Waals surface area contributed by atoms with Gasteiger partial charge in [0.2, 0.25) is 0 Å². The number of carbonyl (C=O) groups is 1. The van der Waals surface area contributed by atoms with Gasteiger partial charge in [-0.3, -0.25) is 4.79 Å². The molecule has 2 rings (SSSR count). The van der Waals surface area contributed by atoms with Gasteiger partial charge >= 0.3 is 5.97 Å². The largest absolute Gasteiger partial charge is 0.480 e. The number of carboxylic acids is 1. The summed E-state index contributed by atoms with van der Waals surface area (Å²) in [6.07, 6.45) is -0.297. The first-order valence-corrected chi connectivity index (χ1v) is 9.01. The fourth-order valence-corrected chi connectivity index (χ4v) is 3.54. The minimum atomic E-state index is -4.00. The van der Waals surface area contributed by atoms with E-state index in [0.29, 0.717) is 10.6 Å². The molecule has 2 aromatic rings. The minimum Gasteiger partial charge on any atom is -0.480 e. The van der Waals surface area contributed by atoms with E-state index in [2.05, 4.69) is 11.8 Å². The first-order chi connectivity index (χ1) is 11.3. The molecule has 0 aromatic heterocycles. The van der Waals surface area contributed by atoms with E-state index in [-0.39, 0.29) is 11.3 Å². The maximum atomic E-state index is 12.5. The summed E-state index contributed by atoms with van der Waals surface area (Å²) < 4.78 is 25.0. The zero-order chi connectivity index (χ0) is 17.7. The number of rotatable bonds is 4. The Morgan fingerprint density at radius 2 is 1.71 bits per heavy atom. The van der Waals surface area contributed by atoms with Crippen LogP contribution in [0.25, 0.3) is 0 Å². The van der Waals surface area contributed by atoms with Crippen LogP contribution in [0.3, 0.4) is 0 Å². The highest BCUT2D eigenvalue weighted by atomic mass is 35.5. The average Bonchev–Trinajstić information content (AvgIpc) is 2.53. The smallest absolute Gasteiger partial charge is 0.323 e. The van der Waals surface area contributed by atoms with Gasteiger partial charge in [0.25, 0.3) is 0 Å². The van der Waals surface area contributed by atoms with Crippen LogP contribution in [0.4, 0.5) is 0 Å². The van der Waals surface area contributed by atoms with Crippen LogP contribution in [0.5, 0.6) is 0 Å². The van der Waals surface area contributed by atoms with Crippen molar-refractivity contribution in [2.45, 2.75) is 23.5 Å². The molecule has 0 fully saturated rings. The molecule has 0 bridgehead atoms. The summed E-state index contributed by atoms with van der Waals surface area (Å²) in [4.78, 5) is 11.4. The van der Waals surface area contributed by atoms with Gasteiger partial charge in [0.1, 0.15) is 0 Å². The number of hydrogen-bond donors (Lipinski definition) is 1. The average molecular weight is 363 g/mol. The van der Waals surface area contributed by atoms with Crippen molar-refractivity contribution >= 4 is 27.4 Å². The van der Waals surface area contributed by atoms with Crippen molar-refractivity contribution in [3.8, 4) is 11.8 Å². The Balaban J connectivity index is 2.25. The number of aryl methyl sites for hydroxylation is 1. The van der Waals surface area contributed by atoms with E-state index in [1.807, 2.05) is 6.92 Å². The molecule has 1 atom stereocenters. The third-order valence-corrected chi connectivity index (χ3v) is 5.66. The molecule has 0 radical (unpaired) electrons. The molecule has 1 N–H and O–H groups in total. The number of aliphatic carboxylic acids is 1. The molecular weight excluding hydrogens is 348 g/mol. The van der Waals surface area contributed by atoms with Gasteiger partial charge in [0, 0.05) is 17.0 Å². The topological polar surface area (TPSA) is 71.4 Å². The predicted octanol–water partition coefficient (Wildman–Crippen LogP) is 3.32. The van der Waals surface area contributed by atoms with E-state index in [4.69, 9.17) is 11.6 Å². The molecule has 124 valence electrons. The number of halogens is 1. The Hall–Kier alpha value is -2.29. The lowest BCUT2D eigenvalue weighted by Crippen LogP contribution is -2.29. The lowest BCUT2D eigenvalue weighted by atomic mass is 10.2. The molecule has 24 heavy (non-hydrogen) atoms. The van der Waals surface area contributed by atoms with Crippen molar-refractivity contribution in [1.29, 1.82) is 0 Å². The van der Waals surface area contributed by atoms with Crippen molar-refractivity contribution < 1.29 is 18.3 Å². The van der Waals surface area contributed by atoms with Crippen LogP contribution in [0, 0.1) is 18.8 Å². The lowest BCUT2D eigenvalue weighted by molar-refractivity contribution is -0.136. The number of benzene rings is 2. The second-order valence-electron chi connectivity index (χ2n) is 5.20. The Labute approximate surface area is 146 Å². The maximum absolute atomic E-state index is 12.5. The summed E-state index contributed by atoms with van der Waals surface area (Å²) in [7, 11) is -4.00. The van der Waals surface area contributed by atoms with Crippen molar-refractivity contribution in [3.05, 3.63) is 64.7 Å². The monoisotopic (exact) mass is 362 g/mol. The van der Waals surface area contributed by atoms with Crippen LogP contribution in [-0.2, 0) is 14.6 Å². The first kappa shape index (κ1) is 18.1. The zero-order valence-electron chi connectivity index (χ0n) is 12.9. The Morgan fingerprint density at radius 1 is 1.12 bits per heavy atom. The van der Waals surface area contributed by atoms with Crippen LogP contribution in [0.1, 0.15) is 17.5 Å². The normalized spacial score (nSPS) is 12.1. The molecule has 1 unspecified atom stereocenters. The summed E-state index contributed by atoms with van der Waals surface area (Å²) in [5.41, 5.74) is 1.53. The third-order valence-electron chi connectivity index (χ3n) is 3.36. The molecule has 0 amide bonds. The summed E-state index contributed by atoms with van der Waals surface area (Å²) >= 11 is 5.77. The van der Waals surface area contributed by atoms with Crippen LogP contribution in [-0.4, -0.2) is 24.7 Å². The van der Waals surface area contributed by atoms with Gasteiger partial charge in [-0.15, -0.1) is 0 Å². The van der Waals surface area contributed by atoms with Crippen molar-refractivity contribution in [1.82, 2.24) is 0 Å². The molecule has 0 saturated carbocycles. The Kier molecular flexibility index (Phi) is 5.66. The Bertz CT molecular complexity index is 889. The highest BCUT2D eigenvalue weighted by molar-refractivity contribution is 7.92. The van der Waals surface area contributed by atoms with Crippen molar-refractivity contribution in [2.75, 3.05) is 0 Å². The van der Waals surface area contributed by atoms with E-state index in [1.165, 1.54) is 12.1 Å². The third kappa shape index (κ3) is 4.38. The van der Waals surface area contributed by atoms with Gasteiger partial charge in [-0.25, -0.2) is 8.42 Å². The molecule has 2 aromatic carbocycles. The van der Waals surface area contributed by atoms with Crippen molar-refractivity contribution in [2.24, 2.45) is 0 Å². The van der Waals surface area contributed by atoms with Gasteiger partial charge in [0.05, 0.1) is 4.90 Å². The van der Waals surface area contributed by atoms with E-state index in [0.717, 1.165) is 5.56 Å². The summed E-state index contributed by atoms with van der Waals surface area (Å²) in [5, 5.41) is 8.24. The van der Waals surface area contributed by atoms with Crippen LogP contribution in [0.2, 0.25) is 5.02 Å². The van der Waals surface area contributed by atoms with Crippen LogP contribution >= 0.6 is 11.6 Å². The molecule has 0 aliphatic rings. The second kappa shape index (κ2) is 7.52. The number of hydrogen-bond acceptors (Lipinski definition) is 3. The number of carboxylic acid groups (broad SMARTS) is 1. The lowest BCUT2D eigenvalue weighted by Gasteiger charge is -2.11. The second-order valence-corrected chi connectivity index (χ2v) is 7.76. The van der Waals surface area contributed by atoms with E-state index in [9.17, 15) is 18.3 Å². The maximum Gasteiger partial charge on any atom is 0.323 e. The van der Waals surface area contributed by atoms with E-state index < -0.39 is 21.1 Å². The van der Waals surface area contributed by atoms with Crippen LogP contribution in [0.15, 0.2) is 53.4 Å². The van der Waals surface area contributed by atoms with Gasteiger partial charge in [-0.2, -0.15) is 0 Å². The quantitative estimate of drug-likeness (QED) is 0.847. The zero-order valence-corrected chi connectivity index (χ0v) is 14.4. The molecule has 6 heteroatoms. The predicted molar refractivity (Wildman–Crippen MR) is 92.7 cm³/mol. The molecule has 0 heterocycles. The summed E-state index contributed by atoms with van der Waals surface area (Å²) in [5.74, 6) is 3.97. The fourth-order valence-electron chi connectivity index (χ4n) is 2.00. The standard InChI is InChI=1S/C18H15ClO4S/c1-13-5-11-16(12-6-13)24(22,23)17(18(20)21)4-2-3-14-7-9-15(19)10-8-14/h5-12,17H,4H2,1H3,(H,20,21).